The number of aromatic nitrogens is 4. The fourth-order valence-corrected chi connectivity index (χ4v) is 4.05. The highest BCUT2D eigenvalue weighted by atomic mass is 127. The number of benzene rings is 1. The summed E-state index contributed by atoms with van der Waals surface area (Å²) in [6.07, 6.45) is -0.0395. The Morgan fingerprint density at radius 1 is 1.29 bits per heavy atom. The van der Waals surface area contributed by atoms with Crippen LogP contribution in [0.25, 0.3) is 11.2 Å². The van der Waals surface area contributed by atoms with Crippen molar-refractivity contribution in [1.29, 1.82) is 0 Å². The van der Waals surface area contributed by atoms with Crippen molar-refractivity contribution in [2.75, 3.05) is 19.1 Å². The summed E-state index contributed by atoms with van der Waals surface area (Å²) in [4.78, 5) is 24.1. The Labute approximate surface area is 191 Å². The SMILES string of the molecule is CC(C)CC(=O)NCCn1c(Cc2cc3c(cc2I)OCO3)nc2c(N)nc(F)nc21. The third kappa shape index (κ3) is 4.65. The van der Waals surface area contributed by atoms with Crippen molar-refractivity contribution >= 4 is 45.5 Å². The summed E-state index contributed by atoms with van der Waals surface area (Å²) >= 11 is 2.23. The maximum absolute atomic E-state index is 13.9. The van der Waals surface area contributed by atoms with Crippen LogP contribution < -0.4 is 20.5 Å². The third-order valence-electron chi connectivity index (χ3n) is 4.81. The van der Waals surface area contributed by atoms with Crippen LogP contribution in [0.3, 0.4) is 0 Å². The number of amides is 1. The normalized spacial score (nSPS) is 12.7. The second kappa shape index (κ2) is 8.81. The van der Waals surface area contributed by atoms with Crippen molar-refractivity contribution < 1.29 is 18.7 Å². The van der Waals surface area contributed by atoms with E-state index in [1.165, 1.54) is 0 Å². The van der Waals surface area contributed by atoms with Crippen molar-refractivity contribution in [3.63, 3.8) is 0 Å². The number of halogens is 2. The third-order valence-corrected chi connectivity index (χ3v) is 5.82. The van der Waals surface area contributed by atoms with E-state index in [9.17, 15) is 9.18 Å². The molecule has 0 saturated heterocycles. The van der Waals surface area contributed by atoms with E-state index >= 15 is 0 Å². The highest BCUT2D eigenvalue weighted by molar-refractivity contribution is 14.1. The van der Waals surface area contributed by atoms with Gasteiger partial charge in [0.2, 0.25) is 12.7 Å². The van der Waals surface area contributed by atoms with Gasteiger partial charge < -0.3 is 25.1 Å². The molecule has 0 spiro atoms. The average Bonchev–Trinajstić information content (AvgIpc) is 3.26. The molecular formula is C20H22FIN6O3. The van der Waals surface area contributed by atoms with Gasteiger partial charge in [-0.1, -0.05) is 13.8 Å². The molecular weight excluding hydrogens is 518 g/mol. The molecule has 3 N–H and O–H groups in total. The Bertz CT molecular complexity index is 1150. The summed E-state index contributed by atoms with van der Waals surface area (Å²) < 4.78 is 27.5. The quantitative estimate of drug-likeness (QED) is 0.350. The number of imidazole rings is 1. The maximum atomic E-state index is 13.9. The van der Waals surface area contributed by atoms with E-state index in [1.54, 1.807) is 4.57 Å². The molecule has 0 saturated carbocycles. The number of rotatable bonds is 7. The molecule has 11 heteroatoms. The molecule has 4 rings (SSSR count). The maximum Gasteiger partial charge on any atom is 0.312 e. The molecule has 0 fully saturated rings. The van der Waals surface area contributed by atoms with Crippen molar-refractivity contribution in [3.8, 4) is 11.5 Å². The molecule has 0 atom stereocenters. The Morgan fingerprint density at radius 2 is 2.03 bits per heavy atom. The zero-order chi connectivity index (χ0) is 22.1. The number of hydrogen-bond donors (Lipinski definition) is 2. The number of fused-ring (bicyclic) bond motifs is 2. The van der Waals surface area contributed by atoms with Crippen LogP contribution >= 0.6 is 22.6 Å². The standard InChI is InChI=1S/C20H22FIN6O3/c1-10(2)5-16(29)24-3-4-28-15(25-17-18(23)26-20(21)27-19(17)28)7-11-6-13-14(8-12(11)22)31-9-30-13/h6,8,10H,3-5,7,9H2,1-2H3,(H,24,29)(H2,23,26,27). The van der Waals surface area contributed by atoms with E-state index in [0.29, 0.717) is 54.4 Å². The molecule has 1 amide bonds. The summed E-state index contributed by atoms with van der Waals surface area (Å²) in [5, 5.41) is 2.89. The number of ether oxygens (including phenoxy) is 2. The topological polar surface area (TPSA) is 117 Å². The molecule has 0 radical (unpaired) electrons. The molecule has 0 bridgehead atoms. The lowest BCUT2D eigenvalue weighted by molar-refractivity contribution is -0.121. The first kappa shape index (κ1) is 21.5. The van der Waals surface area contributed by atoms with Gasteiger partial charge in [0, 0.05) is 29.5 Å². The lowest BCUT2D eigenvalue weighted by Crippen LogP contribution is -2.28. The predicted molar refractivity (Wildman–Crippen MR) is 120 cm³/mol. The predicted octanol–water partition coefficient (Wildman–Crippen LogP) is 2.63. The number of nitrogens with zero attached hydrogens (tertiary/aromatic N) is 4. The van der Waals surface area contributed by atoms with Crippen molar-refractivity contribution in [2.45, 2.75) is 33.2 Å². The van der Waals surface area contributed by atoms with Crippen molar-refractivity contribution in [1.82, 2.24) is 24.8 Å². The summed E-state index contributed by atoms with van der Waals surface area (Å²) in [7, 11) is 0. The molecule has 2 aromatic heterocycles. The Hall–Kier alpha value is -2.70. The van der Waals surface area contributed by atoms with Crippen LogP contribution in [0.4, 0.5) is 10.2 Å². The highest BCUT2D eigenvalue weighted by Crippen LogP contribution is 2.36. The van der Waals surface area contributed by atoms with Crippen LogP contribution in [0.15, 0.2) is 12.1 Å². The summed E-state index contributed by atoms with van der Waals surface area (Å²) in [6.45, 7) is 4.88. The van der Waals surface area contributed by atoms with Crippen LogP contribution in [0.2, 0.25) is 0 Å². The second-order valence-electron chi connectivity index (χ2n) is 7.65. The van der Waals surface area contributed by atoms with Crippen LogP contribution in [0.5, 0.6) is 11.5 Å². The Balaban J connectivity index is 1.65. The number of carbonyl (C=O) groups excluding carboxylic acids is 1. The second-order valence-corrected chi connectivity index (χ2v) is 8.81. The first-order chi connectivity index (χ1) is 14.8. The van der Waals surface area contributed by atoms with Gasteiger partial charge in [-0.3, -0.25) is 4.79 Å². The Morgan fingerprint density at radius 3 is 2.77 bits per heavy atom. The molecule has 9 nitrogen and oxygen atoms in total. The fourth-order valence-electron chi connectivity index (χ4n) is 3.42. The number of nitrogen functional groups attached to an aromatic ring is 1. The first-order valence-corrected chi connectivity index (χ1v) is 10.9. The van der Waals surface area contributed by atoms with Gasteiger partial charge in [-0.25, -0.2) is 4.98 Å². The van der Waals surface area contributed by atoms with Gasteiger partial charge >= 0.3 is 6.08 Å². The molecule has 1 aliphatic rings. The van der Waals surface area contributed by atoms with Crippen LogP contribution in [-0.4, -0.2) is 38.8 Å². The zero-order valence-electron chi connectivity index (χ0n) is 17.1. The number of nitrogens with two attached hydrogens (primary N) is 1. The van der Waals surface area contributed by atoms with E-state index in [-0.39, 0.29) is 24.4 Å². The minimum absolute atomic E-state index is 0.0215. The highest BCUT2D eigenvalue weighted by Gasteiger charge is 2.21. The number of anilines is 1. The molecule has 0 unspecified atom stereocenters. The largest absolute Gasteiger partial charge is 0.454 e. The van der Waals surface area contributed by atoms with Crippen molar-refractivity contribution in [3.05, 3.63) is 33.2 Å². The Kier molecular flexibility index (Phi) is 6.12. The van der Waals surface area contributed by atoms with Gasteiger partial charge in [0.25, 0.3) is 0 Å². The number of nitrogens with one attached hydrogen (secondary N) is 1. The van der Waals surface area contributed by atoms with Gasteiger partial charge in [0.1, 0.15) is 5.82 Å². The van der Waals surface area contributed by atoms with E-state index < -0.39 is 6.08 Å². The molecule has 1 aromatic carbocycles. The first-order valence-electron chi connectivity index (χ1n) is 9.84. The number of carbonyl (C=O) groups is 1. The van der Waals surface area contributed by atoms with Gasteiger partial charge in [0.15, 0.2) is 28.5 Å². The smallest absolute Gasteiger partial charge is 0.312 e. The minimum atomic E-state index is -0.917. The molecule has 3 heterocycles. The van der Waals surface area contributed by atoms with Gasteiger partial charge in [-0.15, -0.1) is 0 Å². The molecule has 164 valence electrons. The number of hydrogen-bond acceptors (Lipinski definition) is 7. The average molecular weight is 540 g/mol. The van der Waals surface area contributed by atoms with E-state index in [0.717, 1.165) is 9.13 Å². The van der Waals surface area contributed by atoms with Gasteiger partial charge in [-0.05, 0) is 46.2 Å². The molecule has 1 aliphatic heterocycles. The van der Waals surface area contributed by atoms with Crippen LogP contribution in [-0.2, 0) is 17.8 Å². The van der Waals surface area contributed by atoms with Crippen LogP contribution in [0, 0.1) is 15.6 Å². The fraction of sp³-hybridized carbons (Fsp3) is 0.400. The van der Waals surface area contributed by atoms with Crippen LogP contribution in [0.1, 0.15) is 31.7 Å². The molecule has 0 aliphatic carbocycles. The van der Waals surface area contributed by atoms with Gasteiger partial charge in [-0.2, -0.15) is 14.4 Å². The monoisotopic (exact) mass is 540 g/mol. The van der Waals surface area contributed by atoms with E-state index in [4.69, 9.17) is 15.2 Å². The van der Waals surface area contributed by atoms with E-state index in [2.05, 4.69) is 42.9 Å². The molecule has 3 aromatic rings. The molecule has 31 heavy (non-hydrogen) atoms. The van der Waals surface area contributed by atoms with E-state index in [1.807, 2.05) is 26.0 Å². The zero-order valence-corrected chi connectivity index (χ0v) is 19.3. The lowest BCUT2D eigenvalue weighted by atomic mass is 10.1. The summed E-state index contributed by atoms with van der Waals surface area (Å²) in [5.41, 5.74) is 7.50. The minimum Gasteiger partial charge on any atom is -0.454 e. The van der Waals surface area contributed by atoms with Crippen molar-refractivity contribution in [2.24, 2.45) is 5.92 Å². The summed E-state index contributed by atoms with van der Waals surface area (Å²) in [5.74, 6) is 2.21. The summed E-state index contributed by atoms with van der Waals surface area (Å²) in [6, 6.07) is 3.82. The van der Waals surface area contributed by atoms with Gasteiger partial charge in [0.05, 0.1) is 0 Å². The lowest BCUT2D eigenvalue weighted by Gasteiger charge is -2.12.